The number of benzene rings is 3. The second-order valence-electron chi connectivity index (χ2n) is 27.9. The summed E-state index contributed by atoms with van der Waals surface area (Å²) in [5.74, 6) is -26.4. The van der Waals surface area contributed by atoms with Crippen LogP contribution in [0.15, 0.2) is 85.1 Å². The standard InChI is InChI=1S/C74H100N14O28/c1-7-35(4)59(72(113)84-48(26-38-13-9-8-10-14-38)66(107)78-46(22-24-55(95)96)64(105)87-60(36(5)90)73(114)88-61(37(6)91)74(115)116)86-70(111)49(27-39-17-19-41(92)20-18-39)80-69(110)52(31-58(101)102)83-67(108)50(28-40-32-76-44-16-12-11-15-42(40)44)81-71(112)53(33-89)85-63(104)45(21-23-54(93)94)77-68(109)51(30-57(99)100)82-65(106)47(25-34(2)3)79-62(103)43(75)29-56(97)98/h8-20,32,34-37,43,45-53,59-61,76,89-92H,7,21-31,33,75H2,1-6H3,(H,77,109)(H,78,107)(H,79,103)(H,80,110)(H,81,112)(H,82,106)(H,83,108)(H,84,113)(H,85,104)(H,86,111)(H,87,105)(H,88,114)(H,93,94)(H,95,96)(H,97,98)(H,99,100)(H,101,102)(H,115,116)/t35-,36+,37+,43-,45-,46-,47-,48-,49-,50-,51-,52-,53-,59-,60-,61-/m0/s1. The molecule has 25 N–H and O–H groups in total. The molecule has 0 saturated carbocycles. The molecule has 12 amide bonds. The predicted molar refractivity (Wildman–Crippen MR) is 403 cm³/mol. The number of aliphatic carboxylic acids is 6. The van der Waals surface area contributed by atoms with Gasteiger partial charge in [-0.2, -0.15) is 0 Å². The molecule has 0 aliphatic carbocycles. The summed E-state index contributed by atoms with van der Waals surface area (Å²) in [5.41, 5.74) is 7.04. The Morgan fingerprint density at radius 1 is 0.388 bits per heavy atom. The van der Waals surface area contributed by atoms with Crippen LogP contribution in [0.5, 0.6) is 5.75 Å². The molecule has 4 rings (SSSR count). The first kappa shape index (κ1) is 95.7. The van der Waals surface area contributed by atoms with Crippen LogP contribution in [-0.4, -0.2) is 260 Å². The van der Waals surface area contributed by atoms with Gasteiger partial charge in [-0.15, -0.1) is 0 Å². The lowest BCUT2D eigenvalue weighted by atomic mass is 9.96. The Bertz CT molecular complexity index is 4160. The molecular formula is C74H100N14O28. The van der Waals surface area contributed by atoms with Crippen LogP contribution >= 0.6 is 0 Å². The van der Waals surface area contributed by atoms with Crippen LogP contribution in [0.3, 0.4) is 0 Å². The number of nitrogens with one attached hydrogen (secondary N) is 13. The van der Waals surface area contributed by atoms with Crippen LogP contribution in [0.4, 0.5) is 0 Å². The molecule has 0 spiro atoms. The molecule has 16 atom stereocenters. The van der Waals surface area contributed by atoms with Crippen LogP contribution in [-0.2, 0) is 106 Å². The summed E-state index contributed by atoms with van der Waals surface area (Å²) in [5, 5.41) is 127. The highest BCUT2D eigenvalue weighted by molar-refractivity contribution is 6.01. The topological polar surface area (TPSA) is 696 Å². The number of carbonyl (C=O) groups excluding carboxylic acids is 12. The van der Waals surface area contributed by atoms with Gasteiger partial charge in [0.1, 0.15) is 72.2 Å². The number of aromatic amines is 1. The van der Waals surface area contributed by atoms with Crippen molar-refractivity contribution in [2.45, 2.75) is 209 Å². The van der Waals surface area contributed by atoms with Gasteiger partial charge in [-0.05, 0) is 79.8 Å². The van der Waals surface area contributed by atoms with Gasteiger partial charge >= 0.3 is 35.8 Å². The molecule has 1 aromatic heterocycles. The molecule has 42 heteroatoms. The normalized spacial score (nSPS) is 15.3. The quantitative estimate of drug-likeness (QED) is 0.0197. The number of aromatic nitrogens is 1. The van der Waals surface area contributed by atoms with Crippen molar-refractivity contribution in [3.63, 3.8) is 0 Å². The fourth-order valence-corrected chi connectivity index (χ4v) is 11.6. The number of rotatable bonds is 50. The van der Waals surface area contributed by atoms with Crippen LogP contribution in [0.25, 0.3) is 10.9 Å². The molecule has 0 saturated heterocycles. The average Bonchev–Trinajstić information content (AvgIpc) is 1.63. The fourth-order valence-electron chi connectivity index (χ4n) is 11.6. The molecule has 4 aromatic rings. The van der Waals surface area contributed by atoms with Gasteiger partial charge < -0.3 is 126 Å². The zero-order valence-electron chi connectivity index (χ0n) is 64.0. The smallest absolute Gasteiger partial charge is 0.328 e. The Hall–Kier alpha value is -12.7. The van der Waals surface area contributed by atoms with Crippen molar-refractivity contribution in [1.82, 2.24) is 68.8 Å². The van der Waals surface area contributed by atoms with Gasteiger partial charge in [-0.25, -0.2) is 4.79 Å². The lowest BCUT2D eigenvalue weighted by molar-refractivity contribution is -0.146. The molecule has 1 heterocycles. The number of phenolic OH excluding ortho intramolecular Hbond substituents is 1. The second-order valence-corrected chi connectivity index (χ2v) is 27.9. The lowest BCUT2D eigenvalue weighted by Crippen LogP contribution is -2.62. The fraction of sp³-hybridized carbons (Fsp3) is 0.486. The largest absolute Gasteiger partial charge is 0.508 e. The van der Waals surface area contributed by atoms with Gasteiger partial charge in [0.2, 0.25) is 70.9 Å². The predicted octanol–water partition coefficient (Wildman–Crippen LogP) is -4.87. The van der Waals surface area contributed by atoms with Gasteiger partial charge in [0, 0.05) is 49.2 Å². The second kappa shape index (κ2) is 46.5. The van der Waals surface area contributed by atoms with E-state index in [0.717, 1.165) is 13.8 Å². The highest BCUT2D eigenvalue weighted by atomic mass is 16.4. The van der Waals surface area contributed by atoms with Gasteiger partial charge in [-0.3, -0.25) is 81.5 Å². The number of carboxylic acid groups (broad SMARTS) is 6. The van der Waals surface area contributed by atoms with E-state index in [1.165, 1.54) is 37.4 Å². The summed E-state index contributed by atoms with van der Waals surface area (Å²) in [4.78, 5) is 245. The Labute approximate surface area is 662 Å². The number of H-pyrrole nitrogens is 1. The summed E-state index contributed by atoms with van der Waals surface area (Å²) < 4.78 is 0. The van der Waals surface area contributed by atoms with Crippen molar-refractivity contribution < 1.29 is 137 Å². The molecule has 116 heavy (non-hydrogen) atoms. The zero-order chi connectivity index (χ0) is 87.0. The first-order chi connectivity index (χ1) is 54.5. The number of para-hydroxylation sites is 1. The van der Waals surface area contributed by atoms with Gasteiger partial charge in [0.25, 0.3) is 0 Å². The average molecular weight is 1630 g/mol. The zero-order valence-corrected chi connectivity index (χ0v) is 64.0. The van der Waals surface area contributed by atoms with E-state index in [4.69, 9.17) is 10.8 Å². The van der Waals surface area contributed by atoms with Crippen LogP contribution in [0.2, 0.25) is 0 Å². The maximum absolute atomic E-state index is 15.0. The lowest BCUT2D eigenvalue weighted by Gasteiger charge is -2.30. The van der Waals surface area contributed by atoms with E-state index in [2.05, 4.69) is 63.5 Å². The summed E-state index contributed by atoms with van der Waals surface area (Å²) in [6.07, 6.45) is -10.0. The maximum atomic E-state index is 15.0. The Kier molecular flexibility index (Phi) is 38.3. The molecule has 0 aliphatic rings. The Morgan fingerprint density at radius 3 is 1.22 bits per heavy atom. The van der Waals surface area contributed by atoms with Crippen LogP contribution < -0.4 is 69.5 Å². The van der Waals surface area contributed by atoms with Crippen molar-refractivity contribution in [2.75, 3.05) is 6.61 Å². The van der Waals surface area contributed by atoms with E-state index < -0.39 is 268 Å². The summed E-state index contributed by atoms with van der Waals surface area (Å²) in [6.45, 7) is 7.07. The number of amides is 12. The summed E-state index contributed by atoms with van der Waals surface area (Å²) in [7, 11) is 0. The molecule has 42 nitrogen and oxygen atoms in total. The van der Waals surface area contributed by atoms with Crippen molar-refractivity contribution in [2.24, 2.45) is 17.6 Å². The Balaban J connectivity index is 1.71. The van der Waals surface area contributed by atoms with E-state index in [1.54, 1.807) is 75.4 Å². The first-order valence-corrected chi connectivity index (χ1v) is 36.6. The molecular weight excluding hydrogens is 1530 g/mol. The molecule has 3 aromatic carbocycles. The molecule has 0 aliphatic heterocycles. The number of hydrogen-bond acceptors (Lipinski definition) is 23. The molecule has 0 bridgehead atoms. The third-order valence-corrected chi connectivity index (χ3v) is 18.0. The van der Waals surface area contributed by atoms with E-state index in [-0.39, 0.29) is 42.1 Å². The number of nitrogens with two attached hydrogens (primary N) is 1. The minimum absolute atomic E-state index is 0.102. The van der Waals surface area contributed by atoms with Gasteiger partial charge in [0.15, 0.2) is 6.04 Å². The van der Waals surface area contributed by atoms with Gasteiger partial charge in [0.05, 0.1) is 44.1 Å². The summed E-state index contributed by atoms with van der Waals surface area (Å²) in [6, 6.07) is -5.17. The maximum Gasteiger partial charge on any atom is 0.328 e. The highest BCUT2D eigenvalue weighted by Gasteiger charge is 2.40. The molecule has 0 fully saturated rings. The molecule has 0 unspecified atom stereocenters. The monoisotopic (exact) mass is 1630 g/mol. The third-order valence-electron chi connectivity index (χ3n) is 18.0. The van der Waals surface area contributed by atoms with E-state index in [0.29, 0.717) is 16.5 Å². The SMILES string of the molecule is CC[C@H](C)[C@H](NC(=O)[C@H](Cc1ccc(O)cc1)NC(=O)[C@H](CC(=O)O)NC(=O)[C@H](Cc1c[nH]c2ccccc12)NC(=O)[C@H](CO)NC(=O)[C@H](CCC(=O)O)NC(=O)[C@H](CC(=O)O)NC(=O)[C@H](CC(C)C)NC(=O)[C@@H](N)CC(=O)O)C(=O)N[C@@H](Cc1ccccc1)C(=O)N[C@@H](CCC(=O)O)C(=O)N[C@H](C(=O)N[C@H](C(=O)O)[C@@H](C)O)[C@@H](C)O. The van der Waals surface area contributed by atoms with Crippen molar-refractivity contribution in [1.29, 1.82) is 0 Å². The van der Waals surface area contributed by atoms with Gasteiger partial charge in [-0.1, -0.05) is 94.8 Å². The van der Waals surface area contributed by atoms with Crippen molar-refractivity contribution >= 4 is 118 Å². The number of aliphatic hydroxyl groups is 3. The van der Waals surface area contributed by atoms with Crippen molar-refractivity contribution in [3.05, 3.63) is 102 Å². The molecule has 0 radical (unpaired) electrons. The number of fused-ring (bicyclic) bond motifs is 1. The Morgan fingerprint density at radius 2 is 0.759 bits per heavy atom. The number of aliphatic hydroxyl groups excluding tert-OH is 3. The minimum atomic E-state index is -2.19. The highest BCUT2D eigenvalue weighted by Crippen LogP contribution is 2.21. The van der Waals surface area contributed by atoms with Crippen molar-refractivity contribution in [3.8, 4) is 5.75 Å². The number of carbonyl (C=O) groups is 18. The number of carboxylic acids is 6. The third kappa shape index (κ3) is 31.7. The van der Waals surface area contributed by atoms with Crippen LogP contribution in [0, 0.1) is 11.8 Å². The molecule has 634 valence electrons. The summed E-state index contributed by atoms with van der Waals surface area (Å²) >= 11 is 0. The number of aromatic hydroxyl groups is 1. The van der Waals surface area contributed by atoms with E-state index in [1.807, 2.05) is 5.32 Å². The minimum Gasteiger partial charge on any atom is -0.508 e. The first-order valence-electron chi connectivity index (χ1n) is 36.6. The number of phenols is 1. The van der Waals surface area contributed by atoms with Crippen LogP contribution in [0.1, 0.15) is 116 Å². The number of hydrogen-bond donors (Lipinski definition) is 24. The van der Waals surface area contributed by atoms with E-state index in [9.17, 15) is 132 Å². The van der Waals surface area contributed by atoms with E-state index >= 15 is 0 Å².